The fourth-order valence-corrected chi connectivity index (χ4v) is 2.51. The number of hydrogen-bond acceptors (Lipinski definition) is 5. The number of ether oxygens (including phenoxy) is 1. The van der Waals surface area contributed by atoms with E-state index in [-0.39, 0.29) is 18.6 Å². The first-order valence-corrected chi connectivity index (χ1v) is 8.45. The zero-order chi connectivity index (χ0) is 18.5. The molecule has 0 atom stereocenters. The first-order valence-electron chi connectivity index (χ1n) is 8.45. The van der Waals surface area contributed by atoms with Crippen LogP contribution in [-0.2, 0) is 4.79 Å². The maximum absolute atomic E-state index is 11.8. The standard InChI is InChI=1S/C20H21N3O3/c1-13(2)21-18(24)12-25-17-10-5-4-9-16(17)19-22-20(26-23-19)15-8-6-7-14(3)11-15/h4-11,13H,12H2,1-3H3,(H,21,24). The van der Waals surface area contributed by atoms with Crippen LogP contribution in [0.15, 0.2) is 53.1 Å². The van der Waals surface area contributed by atoms with Crippen molar-refractivity contribution in [2.24, 2.45) is 0 Å². The third kappa shape index (κ3) is 4.27. The molecule has 0 fully saturated rings. The summed E-state index contributed by atoms with van der Waals surface area (Å²) in [6.45, 7) is 5.74. The summed E-state index contributed by atoms with van der Waals surface area (Å²) in [6, 6.07) is 15.2. The van der Waals surface area contributed by atoms with E-state index >= 15 is 0 Å². The van der Waals surface area contributed by atoms with E-state index in [1.165, 1.54) is 0 Å². The van der Waals surface area contributed by atoms with Gasteiger partial charge in [0.05, 0.1) is 5.56 Å². The van der Waals surface area contributed by atoms with Gasteiger partial charge in [0.25, 0.3) is 11.8 Å². The van der Waals surface area contributed by atoms with Gasteiger partial charge in [-0.3, -0.25) is 4.79 Å². The van der Waals surface area contributed by atoms with Gasteiger partial charge in [-0.1, -0.05) is 35.0 Å². The molecule has 3 aromatic rings. The molecule has 6 heteroatoms. The van der Waals surface area contributed by atoms with Gasteiger partial charge in [0, 0.05) is 11.6 Å². The van der Waals surface area contributed by atoms with Gasteiger partial charge in [-0.25, -0.2) is 0 Å². The number of para-hydroxylation sites is 1. The van der Waals surface area contributed by atoms with Crippen LogP contribution in [0.5, 0.6) is 5.75 Å². The highest BCUT2D eigenvalue weighted by Crippen LogP contribution is 2.29. The van der Waals surface area contributed by atoms with Crippen LogP contribution in [0.4, 0.5) is 0 Å². The topological polar surface area (TPSA) is 77.2 Å². The first kappa shape index (κ1) is 17.7. The van der Waals surface area contributed by atoms with Gasteiger partial charge in [-0.2, -0.15) is 4.98 Å². The lowest BCUT2D eigenvalue weighted by Crippen LogP contribution is -2.34. The van der Waals surface area contributed by atoms with Gasteiger partial charge < -0.3 is 14.6 Å². The van der Waals surface area contributed by atoms with Crippen LogP contribution in [0.3, 0.4) is 0 Å². The highest BCUT2D eigenvalue weighted by Gasteiger charge is 2.15. The summed E-state index contributed by atoms with van der Waals surface area (Å²) in [5.74, 6) is 1.21. The Morgan fingerprint density at radius 2 is 2.00 bits per heavy atom. The number of benzene rings is 2. The molecular weight excluding hydrogens is 330 g/mol. The molecule has 1 N–H and O–H groups in total. The summed E-state index contributed by atoms with van der Waals surface area (Å²) in [7, 11) is 0. The van der Waals surface area contributed by atoms with Crippen molar-refractivity contribution in [1.82, 2.24) is 15.5 Å². The monoisotopic (exact) mass is 351 g/mol. The molecule has 0 radical (unpaired) electrons. The predicted octanol–water partition coefficient (Wildman–Crippen LogP) is 3.62. The first-order chi connectivity index (χ1) is 12.5. The van der Waals surface area contributed by atoms with E-state index in [1.54, 1.807) is 6.07 Å². The van der Waals surface area contributed by atoms with Gasteiger partial charge in [-0.05, 0) is 45.0 Å². The van der Waals surface area contributed by atoms with Crippen molar-refractivity contribution in [1.29, 1.82) is 0 Å². The van der Waals surface area contributed by atoms with E-state index in [4.69, 9.17) is 9.26 Å². The van der Waals surface area contributed by atoms with E-state index in [9.17, 15) is 4.79 Å². The molecule has 6 nitrogen and oxygen atoms in total. The molecule has 1 heterocycles. The Labute approximate surface area is 152 Å². The van der Waals surface area contributed by atoms with Crippen LogP contribution in [-0.4, -0.2) is 28.7 Å². The molecule has 0 aliphatic rings. The number of nitrogens with one attached hydrogen (secondary N) is 1. The van der Waals surface area contributed by atoms with Crippen molar-refractivity contribution in [3.63, 3.8) is 0 Å². The summed E-state index contributed by atoms with van der Waals surface area (Å²) in [5.41, 5.74) is 2.65. The molecule has 134 valence electrons. The molecule has 26 heavy (non-hydrogen) atoms. The summed E-state index contributed by atoms with van der Waals surface area (Å²) < 4.78 is 11.1. The summed E-state index contributed by atoms with van der Waals surface area (Å²) in [5, 5.41) is 6.85. The molecule has 0 unspecified atom stereocenters. The Bertz CT molecular complexity index is 903. The molecule has 0 bridgehead atoms. The van der Waals surface area contributed by atoms with E-state index < -0.39 is 0 Å². The maximum Gasteiger partial charge on any atom is 0.258 e. The average Bonchev–Trinajstić information content (AvgIpc) is 3.09. The van der Waals surface area contributed by atoms with E-state index in [1.807, 2.05) is 63.2 Å². The molecule has 1 amide bonds. The van der Waals surface area contributed by atoms with Gasteiger partial charge >= 0.3 is 0 Å². The Hall–Kier alpha value is -3.15. The zero-order valence-corrected chi connectivity index (χ0v) is 15.0. The lowest BCUT2D eigenvalue weighted by atomic mass is 10.1. The van der Waals surface area contributed by atoms with Gasteiger partial charge in [0.2, 0.25) is 5.82 Å². The minimum absolute atomic E-state index is 0.0652. The number of aryl methyl sites for hydroxylation is 1. The van der Waals surface area contributed by atoms with Crippen molar-refractivity contribution >= 4 is 5.91 Å². The van der Waals surface area contributed by atoms with Crippen LogP contribution in [0.1, 0.15) is 19.4 Å². The van der Waals surface area contributed by atoms with Crippen LogP contribution in [0.2, 0.25) is 0 Å². The highest BCUT2D eigenvalue weighted by atomic mass is 16.5. The number of carbonyl (C=O) groups is 1. The van der Waals surface area contributed by atoms with Crippen molar-refractivity contribution in [3.05, 3.63) is 54.1 Å². The van der Waals surface area contributed by atoms with Gasteiger partial charge in [-0.15, -0.1) is 0 Å². The molecule has 0 saturated heterocycles. The lowest BCUT2D eigenvalue weighted by molar-refractivity contribution is -0.123. The second-order valence-electron chi connectivity index (χ2n) is 6.30. The molecule has 0 aliphatic carbocycles. The largest absolute Gasteiger partial charge is 0.483 e. The average molecular weight is 351 g/mol. The smallest absolute Gasteiger partial charge is 0.258 e. The third-order valence-electron chi connectivity index (χ3n) is 3.63. The van der Waals surface area contributed by atoms with Gasteiger partial charge in [0.1, 0.15) is 5.75 Å². The summed E-state index contributed by atoms with van der Waals surface area (Å²) >= 11 is 0. The number of carbonyl (C=O) groups excluding carboxylic acids is 1. The second-order valence-corrected chi connectivity index (χ2v) is 6.30. The summed E-state index contributed by atoms with van der Waals surface area (Å²) in [6.07, 6.45) is 0. The third-order valence-corrected chi connectivity index (χ3v) is 3.63. The lowest BCUT2D eigenvalue weighted by Gasteiger charge is -2.11. The van der Waals surface area contributed by atoms with Crippen LogP contribution >= 0.6 is 0 Å². The Balaban J connectivity index is 1.81. The number of aromatic nitrogens is 2. The van der Waals surface area contributed by atoms with Crippen molar-refractivity contribution in [2.75, 3.05) is 6.61 Å². The Morgan fingerprint density at radius 1 is 1.19 bits per heavy atom. The quantitative estimate of drug-likeness (QED) is 0.734. The number of rotatable bonds is 6. The molecular formula is C20H21N3O3. The van der Waals surface area contributed by atoms with Crippen LogP contribution in [0, 0.1) is 6.92 Å². The molecule has 3 rings (SSSR count). The Kier molecular flexibility index (Phi) is 5.31. The predicted molar refractivity (Wildman–Crippen MR) is 98.7 cm³/mol. The van der Waals surface area contributed by atoms with E-state index in [0.717, 1.165) is 11.1 Å². The SMILES string of the molecule is Cc1cccc(-c2nc(-c3ccccc3OCC(=O)NC(C)C)no2)c1. The van der Waals surface area contributed by atoms with Crippen molar-refractivity contribution in [3.8, 4) is 28.6 Å². The zero-order valence-electron chi connectivity index (χ0n) is 15.0. The number of nitrogens with zero attached hydrogens (tertiary/aromatic N) is 2. The fourth-order valence-electron chi connectivity index (χ4n) is 2.51. The second kappa shape index (κ2) is 7.82. The van der Waals surface area contributed by atoms with E-state index in [0.29, 0.717) is 23.0 Å². The maximum atomic E-state index is 11.8. The number of hydrogen-bond donors (Lipinski definition) is 1. The number of amides is 1. The molecule has 2 aromatic carbocycles. The fraction of sp³-hybridized carbons (Fsp3) is 0.250. The molecule has 0 aliphatic heterocycles. The van der Waals surface area contributed by atoms with Gasteiger partial charge in [0.15, 0.2) is 6.61 Å². The molecule has 0 saturated carbocycles. The minimum atomic E-state index is -0.177. The molecule has 0 spiro atoms. The minimum Gasteiger partial charge on any atom is -0.483 e. The Morgan fingerprint density at radius 3 is 2.77 bits per heavy atom. The van der Waals surface area contributed by atoms with E-state index in [2.05, 4.69) is 15.5 Å². The van der Waals surface area contributed by atoms with Crippen molar-refractivity contribution in [2.45, 2.75) is 26.8 Å². The van der Waals surface area contributed by atoms with Crippen LogP contribution < -0.4 is 10.1 Å². The molecule has 1 aromatic heterocycles. The van der Waals surface area contributed by atoms with Crippen molar-refractivity contribution < 1.29 is 14.1 Å². The van der Waals surface area contributed by atoms with Crippen LogP contribution in [0.25, 0.3) is 22.8 Å². The normalized spacial score (nSPS) is 10.8. The highest BCUT2D eigenvalue weighted by molar-refractivity contribution is 5.78. The summed E-state index contributed by atoms with van der Waals surface area (Å²) in [4.78, 5) is 16.3.